The van der Waals surface area contributed by atoms with Gasteiger partial charge in [0.1, 0.15) is 5.75 Å². The molecule has 0 saturated carbocycles. The summed E-state index contributed by atoms with van der Waals surface area (Å²) < 4.78 is 15.6. The highest BCUT2D eigenvalue weighted by atomic mass is 16.5. The zero-order chi connectivity index (χ0) is 20.7. The molecule has 7 nitrogen and oxygen atoms in total. The first-order valence-corrected chi connectivity index (χ1v) is 8.75. The van der Waals surface area contributed by atoms with Crippen molar-refractivity contribution in [3.05, 3.63) is 47.5 Å². The first-order chi connectivity index (χ1) is 13.2. The van der Waals surface area contributed by atoms with Crippen LogP contribution in [0.4, 0.5) is 0 Å². The Hall–Kier alpha value is -3.22. The Bertz CT molecular complexity index is 814. The van der Waals surface area contributed by atoms with Crippen LogP contribution < -0.4 is 19.6 Å². The van der Waals surface area contributed by atoms with Crippen molar-refractivity contribution in [1.29, 1.82) is 0 Å². The van der Waals surface area contributed by atoms with Crippen LogP contribution in [0.1, 0.15) is 31.9 Å². The van der Waals surface area contributed by atoms with Gasteiger partial charge in [0.25, 0.3) is 5.91 Å². The normalized spacial score (nSPS) is 11.3. The number of phenols is 1. The first-order valence-electron chi connectivity index (χ1n) is 8.75. The second kappa shape index (κ2) is 9.12. The van der Waals surface area contributed by atoms with Crippen LogP contribution >= 0.6 is 0 Å². The van der Waals surface area contributed by atoms with Gasteiger partial charge in [-0.15, -0.1) is 0 Å². The summed E-state index contributed by atoms with van der Waals surface area (Å²) in [5, 5.41) is 13.8. The number of amides is 1. The molecule has 0 bridgehead atoms. The highest BCUT2D eigenvalue weighted by molar-refractivity contribution is 5.84. The number of nitrogens with one attached hydrogen (secondary N) is 1. The van der Waals surface area contributed by atoms with E-state index in [1.807, 2.05) is 24.3 Å². The summed E-state index contributed by atoms with van der Waals surface area (Å²) in [4.78, 5) is 11.9. The molecule has 2 aromatic rings. The van der Waals surface area contributed by atoms with Gasteiger partial charge >= 0.3 is 0 Å². The van der Waals surface area contributed by atoms with E-state index >= 15 is 0 Å². The molecule has 0 radical (unpaired) electrons. The van der Waals surface area contributed by atoms with Gasteiger partial charge in [-0.3, -0.25) is 4.79 Å². The molecule has 0 atom stereocenters. The molecule has 2 N–H and O–H groups in total. The number of methoxy groups -OCH3 is 2. The van der Waals surface area contributed by atoms with Gasteiger partial charge in [0.2, 0.25) is 5.75 Å². The smallest absolute Gasteiger partial charge is 0.277 e. The molecule has 28 heavy (non-hydrogen) atoms. The zero-order valence-corrected chi connectivity index (χ0v) is 16.8. The Morgan fingerprint density at radius 2 is 1.68 bits per heavy atom. The lowest BCUT2D eigenvalue weighted by Gasteiger charge is -2.19. The number of carbonyl (C=O) groups excluding carboxylic acids is 1. The van der Waals surface area contributed by atoms with Gasteiger partial charge in [0.15, 0.2) is 18.1 Å². The number of ether oxygens (including phenoxy) is 3. The fraction of sp³-hybridized carbons (Fsp3) is 0.333. The molecule has 0 aliphatic heterocycles. The maximum Gasteiger partial charge on any atom is 0.277 e. The fourth-order valence-corrected chi connectivity index (χ4v) is 2.40. The van der Waals surface area contributed by atoms with Crippen LogP contribution in [-0.4, -0.2) is 38.1 Å². The number of hydrazone groups is 1. The molecule has 150 valence electrons. The third-order valence-electron chi connectivity index (χ3n) is 4.00. The van der Waals surface area contributed by atoms with Crippen molar-refractivity contribution in [2.24, 2.45) is 5.10 Å². The number of hydrogen-bond donors (Lipinski definition) is 2. The Labute approximate surface area is 164 Å². The highest BCUT2D eigenvalue weighted by Crippen LogP contribution is 2.36. The number of nitrogens with zero attached hydrogens (tertiary/aromatic N) is 1. The third kappa shape index (κ3) is 5.64. The second-order valence-corrected chi connectivity index (χ2v) is 7.13. The van der Waals surface area contributed by atoms with Crippen LogP contribution in [0.5, 0.6) is 23.0 Å². The SMILES string of the molecule is COc1cc(/C=N/NC(=O)COc2ccc(C(C)(C)C)cc2)cc(OC)c1O. The molecule has 0 heterocycles. The number of hydrogen-bond acceptors (Lipinski definition) is 6. The number of aromatic hydroxyl groups is 1. The Balaban J connectivity index is 1.90. The lowest BCUT2D eigenvalue weighted by molar-refractivity contribution is -0.123. The molecule has 7 heteroatoms. The first kappa shape index (κ1) is 21.1. The van der Waals surface area contributed by atoms with Gasteiger partial charge < -0.3 is 19.3 Å². The van der Waals surface area contributed by atoms with E-state index in [0.717, 1.165) is 0 Å². The summed E-state index contributed by atoms with van der Waals surface area (Å²) >= 11 is 0. The minimum absolute atomic E-state index is 0.0597. The Kier molecular flexibility index (Phi) is 6.87. The molecular weight excluding hydrogens is 360 g/mol. The van der Waals surface area contributed by atoms with Gasteiger partial charge in [0, 0.05) is 5.56 Å². The molecule has 0 unspecified atom stereocenters. The molecule has 2 rings (SSSR count). The summed E-state index contributed by atoms with van der Waals surface area (Å²) in [6, 6.07) is 10.8. The zero-order valence-electron chi connectivity index (χ0n) is 16.8. The predicted molar refractivity (Wildman–Crippen MR) is 108 cm³/mol. The van der Waals surface area contributed by atoms with Crippen molar-refractivity contribution in [2.75, 3.05) is 20.8 Å². The van der Waals surface area contributed by atoms with Crippen molar-refractivity contribution < 1.29 is 24.1 Å². The van der Waals surface area contributed by atoms with E-state index < -0.39 is 5.91 Å². The molecule has 0 spiro atoms. The maximum atomic E-state index is 11.9. The number of phenolic OH excluding ortho intramolecular Hbond substituents is 1. The van der Waals surface area contributed by atoms with Crippen LogP contribution in [0.15, 0.2) is 41.5 Å². The van der Waals surface area contributed by atoms with Crippen molar-refractivity contribution in [2.45, 2.75) is 26.2 Å². The summed E-state index contributed by atoms with van der Waals surface area (Å²) in [7, 11) is 2.87. The van der Waals surface area contributed by atoms with E-state index in [0.29, 0.717) is 11.3 Å². The fourth-order valence-electron chi connectivity index (χ4n) is 2.40. The van der Waals surface area contributed by atoms with E-state index in [2.05, 4.69) is 31.3 Å². The largest absolute Gasteiger partial charge is 0.502 e. The van der Waals surface area contributed by atoms with E-state index in [9.17, 15) is 9.90 Å². The van der Waals surface area contributed by atoms with Gasteiger partial charge in [-0.05, 0) is 35.2 Å². The van der Waals surface area contributed by atoms with E-state index in [-0.39, 0.29) is 29.3 Å². The van der Waals surface area contributed by atoms with Gasteiger partial charge in [-0.2, -0.15) is 5.10 Å². The molecule has 0 aliphatic carbocycles. The minimum atomic E-state index is -0.395. The number of benzene rings is 2. The Morgan fingerprint density at radius 1 is 1.11 bits per heavy atom. The number of carbonyl (C=O) groups is 1. The molecule has 2 aromatic carbocycles. The third-order valence-corrected chi connectivity index (χ3v) is 4.00. The molecule has 0 fully saturated rings. The average molecular weight is 386 g/mol. The molecule has 0 aromatic heterocycles. The highest BCUT2D eigenvalue weighted by Gasteiger charge is 2.13. The summed E-state index contributed by atoms with van der Waals surface area (Å²) in [6.07, 6.45) is 1.42. The lowest BCUT2D eigenvalue weighted by Crippen LogP contribution is -2.24. The number of rotatable bonds is 7. The van der Waals surface area contributed by atoms with E-state index in [1.54, 1.807) is 12.1 Å². The van der Waals surface area contributed by atoms with Gasteiger partial charge in [-0.1, -0.05) is 32.9 Å². The predicted octanol–water partition coefficient (Wildman–Crippen LogP) is 3.24. The minimum Gasteiger partial charge on any atom is -0.502 e. The van der Waals surface area contributed by atoms with E-state index in [1.165, 1.54) is 26.0 Å². The molecular formula is C21H26N2O5. The van der Waals surface area contributed by atoms with Gasteiger partial charge in [-0.25, -0.2) is 5.43 Å². The van der Waals surface area contributed by atoms with Crippen molar-refractivity contribution >= 4 is 12.1 Å². The molecule has 1 amide bonds. The average Bonchev–Trinajstić information content (AvgIpc) is 2.67. The van der Waals surface area contributed by atoms with Crippen LogP contribution in [0.25, 0.3) is 0 Å². The van der Waals surface area contributed by atoms with Crippen molar-refractivity contribution in [1.82, 2.24) is 5.43 Å². The summed E-state index contributed by atoms with van der Waals surface area (Å²) in [6.45, 7) is 6.24. The topological polar surface area (TPSA) is 89.4 Å². The van der Waals surface area contributed by atoms with Crippen LogP contribution in [0, 0.1) is 0 Å². The van der Waals surface area contributed by atoms with Crippen LogP contribution in [-0.2, 0) is 10.2 Å². The standard InChI is InChI=1S/C21H26N2O5/c1-21(2,3)15-6-8-16(9-7-15)28-13-19(24)23-22-12-14-10-17(26-4)20(25)18(11-14)27-5/h6-12,25H,13H2,1-5H3,(H,23,24)/b22-12+. The summed E-state index contributed by atoms with van der Waals surface area (Å²) in [5.74, 6) is 0.606. The second-order valence-electron chi connectivity index (χ2n) is 7.13. The van der Waals surface area contributed by atoms with Crippen molar-refractivity contribution in [3.8, 4) is 23.0 Å². The maximum absolute atomic E-state index is 11.9. The molecule has 0 aliphatic rings. The van der Waals surface area contributed by atoms with Gasteiger partial charge in [0.05, 0.1) is 20.4 Å². The molecule has 0 saturated heterocycles. The summed E-state index contributed by atoms with van der Waals surface area (Å²) in [5.41, 5.74) is 4.22. The Morgan fingerprint density at radius 3 is 2.18 bits per heavy atom. The monoisotopic (exact) mass is 386 g/mol. The van der Waals surface area contributed by atoms with Crippen molar-refractivity contribution in [3.63, 3.8) is 0 Å². The van der Waals surface area contributed by atoms with Crippen LogP contribution in [0.3, 0.4) is 0 Å². The lowest BCUT2D eigenvalue weighted by atomic mass is 9.87. The van der Waals surface area contributed by atoms with Crippen LogP contribution in [0.2, 0.25) is 0 Å². The van der Waals surface area contributed by atoms with E-state index in [4.69, 9.17) is 14.2 Å². The quantitative estimate of drug-likeness (QED) is 0.563.